The first-order valence-corrected chi connectivity index (χ1v) is 9.25. The number of nitriles is 1. The van der Waals surface area contributed by atoms with Crippen LogP contribution >= 0.6 is 0 Å². The molecule has 2 fully saturated rings. The Bertz CT molecular complexity index is 647. The van der Waals surface area contributed by atoms with Crippen LogP contribution in [0.5, 0.6) is 5.88 Å². The van der Waals surface area contributed by atoms with Crippen molar-refractivity contribution in [3.8, 4) is 11.9 Å². The number of hydrogen-bond donors (Lipinski definition) is 0. The number of amides is 1. The number of likely N-dealkylation sites (tertiary alicyclic amines) is 1. The van der Waals surface area contributed by atoms with E-state index in [9.17, 15) is 4.79 Å². The zero-order chi connectivity index (χ0) is 17.8. The molecule has 0 spiro atoms. The molecule has 1 aliphatic heterocycles. The van der Waals surface area contributed by atoms with Crippen LogP contribution in [-0.4, -0.2) is 40.0 Å². The molecule has 3 rings (SSSR count). The van der Waals surface area contributed by atoms with Crippen molar-refractivity contribution in [2.75, 3.05) is 13.1 Å². The molecule has 2 aliphatic rings. The Morgan fingerprint density at radius 3 is 2.64 bits per heavy atom. The maximum absolute atomic E-state index is 12.8. The molecule has 134 valence electrons. The number of ether oxygens (including phenoxy) is 1. The first kappa shape index (κ1) is 17.7. The van der Waals surface area contributed by atoms with Gasteiger partial charge in [-0.3, -0.25) is 4.79 Å². The van der Waals surface area contributed by atoms with Crippen molar-refractivity contribution in [3.63, 3.8) is 0 Å². The number of rotatable bonds is 4. The molecule has 6 nitrogen and oxygen atoms in total. The highest BCUT2D eigenvalue weighted by Crippen LogP contribution is 2.34. The molecule has 6 heteroatoms. The van der Waals surface area contributed by atoms with Gasteiger partial charge >= 0.3 is 0 Å². The van der Waals surface area contributed by atoms with Gasteiger partial charge in [0.2, 0.25) is 11.6 Å². The first-order valence-electron chi connectivity index (χ1n) is 9.25. The minimum atomic E-state index is -0.111. The van der Waals surface area contributed by atoms with Gasteiger partial charge in [0.15, 0.2) is 0 Å². The van der Waals surface area contributed by atoms with E-state index in [1.165, 1.54) is 12.4 Å². The number of nitrogens with zero attached hydrogens (tertiary/aromatic N) is 4. The summed E-state index contributed by atoms with van der Waals surface area (Å²) in [4.78, 5) is 22.8. The molecule has 0 aromatic carbocycles. The van der Waals surface area contributed by atoms with Crippen molar-refractivity contribution < 1.29 is 9.53 Å². The monoisotopic (exact) mass is 342 g/mol. The lowest BCUT2D eigenvalue weighted by Gasteiger charge is -2.32. The van der Waals surface area contributed by atoms with Gasteiger partial charge in [0.25, 0.3) is 5.88 Å². The van der Waals surface area contributed by atoms with E-state index in [1.807, 2.05) is 11.0 Å². The van der Waals surface area contributed by atoms with Crippen LogP contribution in [0.25, 0.3) is 0 Å². The van der Waals surface area contributed by atoms with Gasteiger partial charge in [-0.05, 0) is 37.5 Å². The molecular formula is C19H26N4O2. The minimum Gasteiger partial charge on any atom is -0.470 e. The molecule has 2 heterocycles. The fourth-order valence-electron chi connectivity index (χ4n) is 3.96. The highest BCUT2D eigenvalue weighted by atomic mass is 16.5. The lowest BCUT2D eigenvalue weighted by Crippen LogP contribution is -2.37. The Morgan fingerprint density at radius 2 is 1.96 bits per heavy atom. The van der Waals surface area contributed by atoms with E-state index >= 15 is 0 Å². The van der Waals surface area contributed by atoms with E-state index in [0.29, 0.717) is 12.5 Å². The smallest absolute Gasteiger partial charge is 0.251 e. The van der Waals surface area contributed by atoms with Gasteiger partial charge in [-0.2, -0.15) is 5.26 Å². The van der Waals surface area contributed by atoms with Crippen molar-refractivity contribution >= 4 is 5.91 Å². The second-order valence-corrected chi connectivity index (χ2v) is 7.49. The van der Waals surface area contributed by atoms with Gasteiger partial charge in [-0.1, -0.05) is 13.8 Å². The SMILES string of the molecule is CC(C)C1CCC(C(=O)N2CCC(Oc3nccnc3C#N)C2)CC1. The van der Waals surface area contributed by atoms with E-state index in [4.69, 9.17) is 10.00 Å². The van der Waals surface area contributed by atoms with Crippen LogP contribution in [-0.2, 0) is 4.79 Å². The molecule has 0 N–H and O–H groups in total. The van der Waals surface area contributed by atoms with Crippen molar-refractivity contribution in [2.24, 2.45) is 17.8 Å². The van der Waals surface area contributed by atoms with E-state index in [0.717, 1.165) is 44.6 Å². The average Bonchev–Trinajstić information content (AvgIpc) is 3.10. The van der Waals surface area contributed by atoms with Crippen LogP contribution in [0.1, 0.15) is 51.6 Å². The lowest BCUT2D eigenvalue weighted by atomic mass is 9.76. The lowest BCUT2D eigenvalue weighted by molar-refractivity contribution is -0.136. The molecule has 1 atom stereocenters. The molecule has 1 saturated heterocycles. The average molecular weight is 342 g/mol. The normalized spacial score (nSPS) is 26.5. The summed E-state index contributed by atoms with van der Waals surface area (Å²) in [5, 5.41) is 9.07. The summed E-state index contributed by atoms with van der Waals surface area (Å²) in [6, 6.07) is 1.99. The maximum Gasteiger partial charge on any atom is 0.251 e. The third-order valence-electron chi connectivity index (χ3n) is 5.57. The Morgan fingerprint density at radius 1 is 1.24 bits per heavy atom. The number of carbonyl (C=O) groups excluding carboxylic acids is 1. The van der Waals surface area contributed by atoms with Gasteiger partial charge < -0.3 is 9.64 Å². The molecule has 1 unspecified atom stereocenters. The number of hydrogen-bond acceptors (Lipinski definition) is 5. The van der Waals surface area contributed by atoms with Gasteiger partial charge in [-0.15, -0.1) is 0 Å². The standard InChI is InChI=1S/C19H26N4O2/c1-13(2)14-3-5-15(6-4-14)19(24)23-10-7-16(12-23)25-18-17(11-20)21-8-9-22-18/h8-9,13-16H,3-7,10,12H2,1-2H3. The molecule has 1 aliphatic carbocycles. The van der Waals surface area contributed by atoms with Crippen LogP contribution < -0.4 is 4.74 Å². The second kappa shape index (κ2) is 7.81. The van der Waals surface area contributed by atoms with Crippen molar-refractivity contribution in [3.05, 3.63) is 18.1 Å². The van der Waals surface area contributed by atoms with Crippen LogP contribution in [0.2, 0.25) is 0 Å². The second-order valence-electron chi connectivity index (χ2n) is 7.49. The Balaban J connectivity index is 1.53. The fourth-order valence-corrected chi connectivity index (χ4v) is 3.96. The Hall–Kier alpha value is -2.16. The fraction of sp³-hybridized carbons (Fsp3) is 0.684. The van der Waals surface area contributed by atoms with E-state index in [1.54, 1.807) is 0 Å². The zero-order valence-corrected chi connectivity index (χ0v) is 15.0. The van der Waals surface area contributed by atoms with Crippen molar-refractivity contribution in [1.82, 2.24) is 14.9 Å². The largest absolute Gasteiger partial charge is 0.470 e. The zero-order valence-electron chi connectivity index (χ0n) is 15.0. The van der Waals surface area contributed by atoms with E-state index in [2.05, 4.69) is 23.8 Å². The Labute approximate surface area is 149 Å². The highest BCUT2D eigenvalue weighted by Gasteiger charge is 2.34. The highest BCUT2D eigenvalue weighted by molar-refractivity contribution is 5.79. The topological polar surface area (TPSA) is 79.1 Å². The number of aromatic nitrogens is 2. The van der Waals surface area contributed by atoms with Crippen molar-refractivity contribution in [2.45, 2.75) is 52.1 Å². The van der Waals surface area contributed by atoms with Crippen LogP contribution in [0, 0.1) is 29.1 Å². The summed E-state index contributed by atoms with van der Waals surface area (Å²) in [7, 11) is 0. The third-order valence-corrected chi connectivity index (χ3v) is 5.57. The molecule has 1 aromatic heterocycles. The van der Waals surface area contributed by atoms with Crippen molar-refractivity contribution in [1.29, 1.82) is 5.26 Å². The predicted molar refractivity (Wildman–Crippen MR) is 92.6 cm³/mol. The minimum absolute atomic E-state index is 0.111. The van der Waals surface area contributed by atoms with E-state index < -0.39 is 0 Å². The number of carbonyl (C=O) groups is 1. The van der Waals surface area contributed by atoms with Crippen LogP contribution in [0.4, 0.5) is 0 Å². The van der Waals surface area contributed by atoms with Gasteiger partial charge in [-0.25, -0.2) is 9.97 Å². The molecule has 0 radical (unpaired) electrons. The molecular weight excluding hydrogens is 316 g/mol. The van der Waals surface area contributed by atoms with Crippen LogP contribution in [0.15, 0.2) is 12.4 Å². The first-order chi connectivity index (χ1) is 12.1. The summed E-state index contributed by atoms with van der Waals surface area (Å²) < 4.78 is 5.82. The molecule has 0 bridgehead atoms. The summed E-state index contributed by atoms with van der Waals surface area (Å²) >= 11 is 0. The summed E-state index contributed by atoms with van der Waals surface area (Å²) in [5.74, 6) is 2.18. The third kappa shape index (κ3) is 4.09. The van der Waals surface area contributed by atoms with Gasteiger partial charge in [0.05, 0.1) is 6.54 Å². The predicted octanol–water partition coefficient (Wildman–Crippen LogP) is 2.79. The Kier molecular flexibility index (Phi) is 5.52. The molecule has 25 heavy (non-hydrogen) atoms. The molecule has 1 saturated carbocycles. The van der Waals surface area contributed by atoms with Gasteiger partial charge in [0.1, 0.15) is 12.2 Å². The summed E-state index contributed by atoms with van der Waals surface area (Å²) in [6.45, 7) is 5.84. The summed E-state index contributed by atoms with van der Waals surface area (Å²) in [6.07, 6.45) is 7.98. The quantitative estimate of drug-likeness (QED) is 0.840. The van der Waals surface area contributed by atoms with Crippen LogP contribution in [0.3, 0.4) is 0 Å². The maximum atomic E-state index is 12.8. The molecule has 1 aromatic rings. The van der Waals surface area contributed by atoms with E-state index in [-0.39, 0.29) is 29.5 Å². The summed E-state index contributed by atoms with van der Waals surface area (Å²) in [5.41, 5.74) is 0.194. The van der Waals surface area contributed by atoms with Gasteiger partial charge in [0, 0.05) is 31.3 Å². The molecule has 1 amide bonds.